The third kappa shape index (κ3) is 4.81. The number of halogens is 1. The highest BCUT2D eigenvalue weighted by Gasteiger charge is 2.16. The van der Waals surface area contributed by atoms with Crippen molar-refractivity contribution in [2.24, 2.45) is 11.8 Å². The van der Waals surface area contributed by atoms with Crippen molar-refractivity contribution < 1.29 is 0 Å². The van der Waals surface area contributed by atoms with E-state index >= 15 is 0 Å². The zero-order valence-electron chi connectivity index (χ0n) is 11.2. The molecule has 0 aliphatic heterocycles. The van der Waals surface area contributed by atoms with Gasteiger partial charge in [0.2, 0.25) is 0 Å². The van der Waals surface area contributed by atoms with Gasteiger partial charge < -0.3 is 5.32 Å². The predicted octanol–water partition coefficient (Wildman–Crippen LogP) is 4.26. The Labute approximate surface area is 114 Å². The predicted molar refractivity (Wildman–Crippen MR) is 79.3 cm³/mol. The van der Waals surface area contributed by atoms with Gasteiger partial charge in [0.1, 0.15) is 0 Å². The fourth-order valence-corrected chi connectivity index (χ4v) is 2.53. The maximum atomic E-state index is 3.64. The molecule has 2 atom stereocenters. The van der Waals surface area contributed by atoms with Crippen LogP contribution in [0.2, 0.25) is 0 Å². The summed E-state index contributed by atoms with van der Waals surface area (Å²) in [4.78, 5) is 0. The zero-order valence-corrected chi connectivity index (χ0v) is 12.8. The van der Waals surface area contributed by atoms with E-state index in [1.54, 1.807) is 0 Å². The number of nitrogens with one attached hydrogen (secondary N) is 1. The van der Waals surface area contributed by atoms with E-state index in [1.165, 1.54) is 16.5 Å². The lowest BCUT2D eigenvalue weighted by atomic mass is 9.86. The molecular formula is C15H24BrN. The van der Waals surface area contributed by atoms with E-state index in [9.17, 15) is 0 Å². The van der Waals surface area contributed by atoms with Crippen molar-refractivity contribution in [2.45, 2.75) is 33.6 Å². The minimum absolute atomic E-state index is 0.721. The lowest BCUT2D eigenvalue weighted by Crippen LogP contribution is -2.28. The Balaban J connectivity index is 2.68. The van der Waals surface area contributed by atoms with Crippen LogP contribution in [-0.2, 0) is 6.42 Å². The van der Waals surface area contributed by atoms with E-state index in [1.807, 2.05) is 0 Å². The van der Waals surface area contributed by atoms with Gasteiger partial charge >= 0.3 is 0 Å². The molecule has 1 rings (SSSR count). The molecule has 1 N–H and O–H groups in total. The van der Waals surface area contributed by atoms with Gasteiger partial charge in [0, 0.05) is 4.47 Å². The van der Waals surface area contributed by atoms with Gasteiger partial charge in [0.25, 0.3) is 0 Å². The first-order valence-corrected chi connectivity index (χ1v) is 7.42. The van der Waals surface area contributed by atoms with E-state index < -0.39 is 0 Å². The lowest BCUT2D eigenvalue weighted by molar-refractivity contribution is 0.331. The highest BCUT2D eigenvalue weighted by atomic mass is 79.9. The molecule has 1 aromatic rings. The van der Waals surface area contributed by atoms with Crippen LogP contribution in [-0.4, -0.2) is 13.1 Å². The van der Waals surface area contributed by atoms with Crippen LogP contribution in [0, 0.1) is 11.8 Å². The Morgan fingerprint density at radius 3 is 2.53 bits per heavy atom. The Morgan fingerprint density at radius 2 is 1.94 bits per heavy atom. The molecular weight excluding hydrogens is 274 g/mol. The minimum Gasteiger partial charge on any atom is -0.317 e. The maximum Gasteiger partial charge on any atom is 0.0207 e. The standard InChI is InChI=1S/C15H24BrN/c1-4-12(3)14(11-17-5-2)10-13-8-6-7-9-15(13)16/h6-9,12,14,17H,4-5,10-11H2,1-3H3. The first-order valence-electron chi connectivity index (χ1n) is 6.63. The third-order valence-electron chi connectivity index (χ3n) is 3.55. The van der Waals surface area contributed by atoms with Gasteiger partial charge in [-0.3, -0.25) is 0 Å². The molecule has 0 saturated heterocycles. The van der Waals surface area contributed by atoms with Crippen molar-refractivity contribution in [3.05, 3.63) is 34.3 Å². The fraction of sp³-hybridized carbons (Fsp3) is 0.600. The Morgan fingerprint density at radius 1 is 1.24 bits per heavy atom. The van der Waals surface area contributed by atoms with Crippen LogP contribution in [0.3, 0.4) is 0 Å². The normalized spacial score (nSPS) is 14.6. The van der Waals surface area contributed by atoms with Crippen LogP contribution in [0.1, 0.15) is 32.8 Å². The molecule has 1 aromatic carbocycles. The summed E-state index contributed by atoms with van der Waals surface area (Å²) in [6.45, 7) is 8.99. The van der Waals surface area contributed by atoms with E-state index in [-0.39, 0.29) is 0 Å². The van der Waals surface area contributed by atoms with Crippen molar-refractivity contribution in [1.82, 2.24) is 5.32 Å². The summed E-state index contributed by atoms with van der Waals surface area (Å²) < 4.78 is 1.24. The maximum absolute atomic E-state index is 3.64. The molecule has 2 heteroatoms. The SMILES string of the molecule is CCNCC(Cc1ccccc1Br)C(C)CC. The summed E-state index contributed by atoms with van der Waals surface area (Å²) in [7, 11) is 0. The molecule has 0 amide bonds. The van der Waals surface area contributed by atoms with Crippen LogP contribution in [0.5, 0.6) is 0 Å². The summed E-state index contributed by atoms with van der Waals surface area (Å²) >= 11 is 3.64. The monoisotopic (exact) mass is 297 g/mol. The highest BCUT2D eigenvalue weighted by molar-refractivity contribution is 9.10. The van der Waals surface area contributed by atoms with Crippen LogP contribution in [0.25, 0.3) is 0 Å². The summed E-state index contributed by atoms with van der Waals surface area (Å²) in [6.07, 6.45) is 2.41. The second-order valence-electron chi connectivity index (χ2n) is 4.75. The van der Waals surface area contributed by atoms with Crippen molar-refractivity contribution in [1.29, 1.82) is 0 Å². The van der Waals surface area contributed by atoms with Crippen molar-refractivity contribution >= 4 is 15.9 Å². The Kier molecular flexibility index (Phi) is 6.83. The molecule has 0 radical (unpaired) electrons. The lowest BCUT2D eigenvalue weighted by Gasteiger charge is -2.24. The van der Waals surface area contributed by atoms with Gasteiger partial charge in [-0.1, -0.05) is 61.3 Å². The molecule has 96 valence electrons. The molecule has 0 aliphatic rings. The van der Waals surface area contributed by atoms with Gasteiger partial charge in [-0.25, -0.2) is 0 Å². The Hall–Kier alpha value is -0.340. The molecule has 0 fully saturated rings. The molecule has 0 saturated carbocycles. The molecule has 2 unspecified atom stereocenters. The molecule has 0 bridgehead atoms. The minimum atomic E-state index is 0.721. The third-order valence-corrected chi connectivity index (χ3v) is 4.32. The molecule has 1 nitrogen and oxygen atoms in total. The summed E-state index contributed by atoms with van der Waals surface area (Å²) in [5.74, 6) is 1.49. The molecule has 0 spiro atoms. The van der Waals surface area contributed by atoms with Gasteiger partial charge in [-0.05, 0) is 43.0 Å². The molecule has 0 aromatic heterocycles. The zero-order chi connectivity index (χ0) is 12.7. The fourth-order valence-electron chi connectivity index (χ4n) is 2.08. The average Bonchev–Trinajstić information content (AvgIpc) is 2.35. The first-order chi connectivity index (χ1) is 8.19. The van der Waals surface area contributed by atoms with Crippen LogP contribution in [0.4, 0.5) is 0 Å². The van der Waals surface area contributed by atoms with E-state index in [0.717, 1.165) is 31.3 Å². The van der Waals surface area contributed by atoms with Crippen LogP contribution in [0.15, 0.2) is 28.7 Å². The second-order valence-corrected chi connectivity index (χ2v) is 5.60. The van der Waals surface area contributed by atoms with Crippen LogP contribution < -0.4 is 5.32 Å². The molecule has 17 heavy (non-hydrogen) atoms. The summed E-state index contributed by atoms with van der Waals surface area (Å²) in [6, 6.07) is 8.57. The second kappa shape index (κ2) is 7.88. The molecule has 0 aliphatic carbocycles. The largest absolute Gasteiger partial charge is 0.317 e. The Bertz CT molecular complexity index is 324. The van der Waals surface area contributed by atoms with Gasteiger partial charge in [-0.2, -0.15) is 0 Å². The summed E-state index contributed by atoms with van der Waals surface area (Å²) in [5, 5.41) is 3.49. The summed E-state index contributed by atoms with van der Waals surface area (Å²) in [5.41, 5.74) is 1.43. The van der Waals surface area contributed by atoms with Crippen LogP contribution >= 0.6 is 15.9 Å². The first kappa shape index (κ1) is 14.7. The topological polar surface area (TPSA) is 12.0 Å². The van der Waals surface area contributed by atoms with Crippen molar-refractivity contribution in [2.75, 3.05) is 13.1 Å². The van der Waals surface area contributed by atoms with E-state index in [0.29, 0.717) is 0 Å². The van der Waals surface area contributed by atoms with Gasteiger partial charge in [-0.15, -0.1) is 0 Å². The quantitative estimate of drug-likeness (QED) is 0.793. The number of hydrogen-bond acceptors (Lipinski definition) is 1. The van der Waals surface area contributed by atoms with Crippen molar-refractivity contribution in [3.63, 3.8) is 0 Å². The van der Waals surface area contributed by atoms with Gasteiger partial charge in [0.05, 0.1) is 0 Å². The smallest absolute Gasteiger partial charge is 0.0207 e. The molecule has 0 heterocycles. The van der Waals surface area contributed by atoms with E-state index in [4.69, 9.17) is 0 Å². The number of hydrogen-bond donors (Lipinski definition) is 1. The van der Waals surface area contributed by atoms with E-state index in [2.05, 4.69) is 66.3 Å². The highest BCUT2D eigenvalue weighted by Crippen LogP contribution is 2.24. The average molecular weight is 298 g/mol. The van der Waals surface area contributed by atoms with Crippen molar-refractivity contribution in [3.8, 4) is 0 Å². The van der Waals surface area contributed by atoms with Gasteiger partial charge in [0.15, 0.2) is 0 Å². The number of benzene rings is 1. The number of rotatable bonds is 7.